The molecule has 16 heavy (non-hydrogen) atoms. The Morgan fingerprint density at radius 1 is 1.38 bits per heavy atom. The van der Waals surface area contributed by atoms with Crippen LogP contribution in [0.5, 0.6) is 0 Å². The second-order valence-electron chi connectivity index (χ2n) is 3.29. The van der Waals surface area contributed by atoms with Crippen LogP contribution in [0.15, 0.2) is 25.6 Å². The summed E-state index contributed by atoms with van der Waals surface area (Å²) in [5, 5.41) is 2.82. The van der Waals surface area contributed by atoms with Gasteiger partial charge in [-0.1, -0.05) is 22.9 Å². The minimum Gasteiger partial charge on any atom is -0.324 e. The predicted molar refractivity (Wildman–Crippen MR) is 78.1 cm³/mol. The van der Waals surface area contributed by atoms with Crippen molar-refractivity contribution >= 4 is 71.0 Å². The van der Waals surface area contributed by atoms with Gasteiger partial charge in [0.25, 0.3) is 0 Å². The molecule has 0 heterocycles. The van der Waals surface area contributed by atoms with Crippen LogP contribution >= 0.6 is 59.4 Å². The molecule has 0 radical (unpaired) electrons. The summed E-state index contributed by atoms with van der Waals surface area (Å²) in [6.45, 7) is 1.78. The highest BCUT2D eigenvalue weighted by Gasteiger charge is 2.15. The number of alkyl halides is 1. The number of benzene rings is 1. The van der Waals surface area contributed by atoms with Gasteiger partial charge < -0.3 is 5.32 Å². The van der Waals surface area contributed by atoms with Crippen molar-refractivity contribution in [1.82, 2.24) is 0 Å². The first-order chi connectivity index (χ1) is 7.45. The lowest BCUT2D eigenvalue weighted by molar-refractivity contribution is -0.118. The topological polar surface area (TPSA) is 29.1 Å². The van der Waals surface area contributed by atoms with Crippen LogP contribution in [0.2, 0.25) is 0 Å². The van der Waals surface area contributed by atoms with E-state index in [1.165, 1.54) is 0 Å². The maximum Gasteiger partial charge on any atom is 0.228 e. The number of hydrogen-bond donors (Lipinski definition) is 1. The van der Waals surface area contributed by atoms with Gasteiger partial charge >= 0.3 is 0 Å². The average Bonchev–Trinajstić information content (AvgIpc) is 2.21. The van der Waals surface area contributed by atoms with Crippen LogP contribution in [0.4, 0.5) is 5.69 Å². The average molecular weight is 434 g/mol. The lowest BCUT2D eigenvalue weighted by Gasteiger charge is -2.12. The zero-order valence-electron chi connectivity index (χ0n) is 8.36. The van der Waals surface area contributed by atoms with Crippen LogP contribution in [0, 0.1) is 5.92 Å². The van der Waals surface area contributed by atoms with Crippen molar-refractivity contribution in [3.63, 3.8) is 0 Å². The molecule has 0 aliphatic carbocycles. The van der Waals surface area contributed by atoms with Crippen LogP contribution < -0.4 is 5.32 Å². The molecule has 0 aliphatic rings. The molecule has 0 spiro atoms. The lowest BCUT2D eigenvalue weighted by Crippen LogP contribution is -2.21. The molecule has 1 atom stereocenters. The third kappa shape index (κ3) is 3.72. The Morgan fingerprint density at radius 3 is 2.31 bits per heavy atom. The first kappa shape index (κ1) is 14.5. The van der Waals surface area contributed by atoms with Gasteiger partial charge in [-0.15, -0.1) is 11.6 Å². The number of anilines is 1. The van der Waals surface area contributed by atoms with Crippen LogP contribution in [-0.4, -0.2) is 11.8 Å². The molecule has 6 heteroatoms. The highest BCUT2D eigenvalue weighted by atomic mass is 79.9. The van der Waals surface area contributed by atoms with Gasteiger partial charge in [-0.05, 0) is 44.0 Å². The monoisotopic (exact) mass is 431 g/mol. The highest BCUT2D eigenvalue weighted by Crippen LogP contribution is 2.34. The zero-order chi connectivity index (χ0) is 12.3. The van der Waals surface area contributed by atoms with E-state index in [2.05, 4.69) is 53.1 Å². The second-order valence-corrected chi connectivity index (χ2v) is 6.22. The summed E-state index contributed by atoms with van der Waals surface area (Å²) in [4.78, 5) is 11.7. The van der Waals surface area contributed by atoms with Gasteiger partial charge in [0.1, 0.15) is 0 Å². The van der Waals surface area contributed by atoms with Gasteiger partial charge in [-0.3, -0.25) is 4.79 Å². The molecule has 1 N–H and O–H groups in total. The SMILES string of the molecule is CC(CCl)C(=O)Nc1c(Br)cc(Br)cc1Br. The van der Waals surface area contributed by atoms with Gasteiger partial charge in [0, 0.05) is 25.2 Å². The third-order valence-electron chi connectivity index (χ3n) is 1.93. The smallest absolute Gasteiger partial charge is 0.228 e. The highest BCUT2D eigenvalue weighted by molar-refractivity contribution is 9.11. The molecule has 0 saturated heterocycles. The first-order valence-electron chi connectivity index (χ1n) is 4.47. The van der Waals surface area contributed by atoms with Crippen molar-refractivity contribution in [2.45, 2.75) is 6.92 Å². The van der Waals surface area contributed by atoms with Gasteiger partial charge in [0.05, 0.1) is 5.69 Å². The molecule has 0 bridgehead atoms. The van der Waals surface area contributed by atoms with Crippen molar-refractivity contribution in [2.24, 2.45) is 5.92 Å². The Morgan fingerprint density at radius 2 is 1.88 bits per heavy atom. The fraction of sp³-hybridized carbons (Fsp3) is 0.300. The van der Waals surface area contributed by atoms with Gasteiger partial charge in [-0.25, -0.2) is 0 Å². The molecule has 1 rings (SSSR count). The molecular weight excluding hydrogens is 425 g/mol. The Hall–Kier alpha value is 0.420. The number of nitrogens with one attached hydrogen (secondary N) is 1. The number of amides is 1. The van der Waals surface area contributed by atoms with Gasteiger partial charge in [0.15, 0.2) is 0 Å². The Kier molecular flexibility index (Phi) is 5.77. The summed E-state index contributed by atoms with van der Waals surface area (Å²) in [6.07, 6.45) is 0. The number of rotatable bonds is 3. The zero-order valence-corrected chi connectivity index (χ0v) is 13.9. The van der Waals surface area contributed by atoms with Crippen molar-refractivity contribution < 1.29 is 4.79 Å². The van der Waals surface area contributed by atoms with E-state index in [0.29, 0.717) is 11.6 Å². The normalized spacial score (nSPS) is 12.3. The van der Waals surface area contributed by atoms with Crippen molar-refractivity contribution in [3.8, 4) is 0 Å². The van der Waals surface area contributed by atoms with E-state index in [4.69, 9.17) is 11.6 Å². The summed E-state index contributed by atoms with van der Waals surface area (Å²) in [6, 6.07) is 3.73. The molecule has 88 valence electrons. The quantitative estimate of drug-likeness (QED) is 0.682. The van der Waals surface area contributed by atoms with Crippen molar-refractivity contribution in [2.75, 3.05) is 11.2 Å². The maximum atomic E-state index is 11.7. The van der Waals surface area contributed by atoms with E-state index in [1.807, 2.05) is 12.1 Å². The summed E-state index contributed by atoms with van der Waals surface area (Å²) >= 11 is 15.8. The number of carbonyl (C=O) groups is 1. The molecular formula is C10H9Br3ClNO. The number of halogens is 4. The van der Waals surface area contributed by atoms with E-state index >= 15 is 0 Å². The standard InChI is InChI=1S/C10H9Br3ClNO/c1-5(4-14)10(16)15-9-7(12)2-6(11)3-8(9)13/h2-3,5H,4H2,1H3,(H,15,16). The van der Waals surface area contributed by atoms with E-state index < -0.39 is 0 Å². The molecule has 1 aromatic rings. The Balaban J connectivity index is 2.93. The van der Waals surface area contributed by atoms with Gasteiger partial charge in [-0.2, -0.15) is 0 Å². The van der Waals surface area contributed by atoms with Crippen molar-refractivity contribution in [3.05, 3.63) is 25.6 Å². The lowest BCUT2D eigenvalue weighted by atomic mass is 10.2. The van der Waals surface area contributed by atoms with Crippen LogP contribution in [0.3, 0.4) is 0 Å². The molecule has 1 aromatic carbocycles. The summed E-state index contributed by atoms with van der Waals surface area (Å²) in [7, 11) is 0. The fourth-order valence-corrected chi connectivity index (χ4v) is 3.58. The molecule has 2 nitrogen and oxygen atoms in total. The number of hydrogen-bond acceptors (Lipinski definition) is 1. The minimum atomic E-state index is -0.218. The minimum absolute atomic E-state index is 0.0984. The van der Waals surface area contributed by atoms with Gasteiger partial charge in [0.2, 0.25) is 5.91 Å². The van der Waals surface area contributed by atoms with E-state index in [1.54, 1.807) is 6.92 Å². The molecule has 1 unspecified atom stereocenters. The van der Waals surface area contributed by atoms with E-state index in [0.717, 1.165) is 13.4 Å². The van der Waals surface area contributed by atoms with Crippen LogP contribution in [0.1, 0.15) is 6.92 Å². The summed E-state index contributed by atoms with van der Waals surface area (Å²) < 4.78 is 2.54. The summed E-state index contributed by atoms with van der Waals surface area (Å²) in [5.41, 5.74) is 0.713. The summed E-state index contributed by atoms with van der Waals surface area (Å²) in [5.74, 6) is -0.0136. The molecule has 0 aliphatic heterocycles. The first-order valence-corrected chi connectivity index (χ1v) is 7.38. The molecule has 0 aromatic heterocycles. The Bertz CT molecular complexity index is 388. The predicted octanol–water partition coefficient (Wildman–Crippen LogP) is 4.79. The van der Waals surface area contributed by atoms with Crippen molar-refractivity contribution in [1.29, 1.82) is 0 Å². The fourth-order valence-electron chi connectivity index (χ4n) is 0.978. The maximum absolute atomic E-state index is 11.7. The number of carbonyl (C=O) groups excluding carboxylic acids is 1. The second kappa shape index (κ2) is 6.38. The Labute approximate surface area is 125 Å². The van der Waals surface area contributed by atoms with E-state index in [9.17, 15) is 4.79 Å². The molecule has 0 fully saturated rings. The van der Waals surface area contributed by atoms with Crippen LogP contribution in [0.25, 0.3) is 0 Å². The largest absolute Gasteiger partial charge is 0.324 e. The molecule has 0 saturated carbocycles. The van der Waals surface area contributed by atoms with Crippen LogP contribution in [-0.2, 0) is 4.79 Å². The molecule has 1 amide bonds. The van der Waals surface area contributed by atoms with E-state index in [-0.39, 0.29) is 11.8 Å². The third-order valence-corrected chi connectivity index (χ3v) is 4.11.